The quantitative estimate of drug-likeness (QED) is 0.546. The molecule has 0 amide bonds. The van der Waals surface area contributed by atoms with E-state index in [2.05, 4.69) is 18.2 Å². The number of carboxylic acids is 1. The summed E-state index contributed by atoms with van der Waals surface area (Å²) in [5, 5.41) is 10.1. The van der Waals surface area contributed by atoms with Gasteiger partial charge in [-0.05, 0) is 41.0 Å². The topological polar surface area (TPSA) is 50.4 Å². The maximum Gasteiger partial charge on any atom is 0.335 e. The zero-order chi connectivity index (χ0) is 16.5. The van der Waals surface area contributed by atoms with Crippen LogP contribution in [-0.4, -0.2) is 11.1 Å². The fourth-order valence-electron chi connectivity index (χ4n) is 2.86. The minimum absolute atomic E-state index is 0.285. The molecule has 3 aromatic carbocycles. The molecule has 116 valence electrons. The Bertz CT molecular complexity index is 1010. The zero-order valence-corrected chi connectivity index (χ0v) is 12.8. The van der Waals surface area contributed by atoms with Gasteiger partial charge in [0.15, 0.2) is 0 Å². The third-order valence-corrected chi connectivity index (χ3v) is 4.12. The van der Waals surface area contributed by atoms with Crippen LogP contribution in [-0.2, 0) is 0 Å². The summed E-state index contributed by atoms with van der Waals surface area (Å²) in [6.45, 7) is 0. The average molecular weight is 314 g/mol. The smallest absolute Gasteiger partial charge is 0.335 e. The van der Waals surface area contributed by atoms with Gasteiger partial charge in [-0.3, -0.25) is 0 Å². The molecule has 4 aromatic rings. The SMILES string of the molecule is O=C(O)c1ccc(-c2ccc3occ(-c4ccccc4)c3c2)cc1. The van der Waals surface area contributed by atoms with Crippen LogP contribution in [0.1, 0.15) is 10.4 Å². The standard InChI is InChI=1S/C21H14O3/c22-21(23)16-8-6-14(7-9-16)17-10-11-20-18(12-17)19(13-24-20)15-4-2-1-3-5-15/h1-13H,(H,22,23). The predicted molar refractivity (Wildman–Crippen MR) is 94.0 cm³/mol. The predicted octanol–water partition coefficient (Wildman–Crippen LogP) is 5.47. The van der Waals surface area contributed by atoms with Crippen molar-refractivity contribution in [3.63, 3.8) is 0 Å². The van der Waals surface area contributed by atoms with Crippen LogP contribution in [0.15, 0.2) is 83.5 Å². The summed E-state index contributed by atoms with van der Waals surface area (Å²) in [7, 11) is 0. The largest absolute Gasteiger partial charge is 0.478 e. The molecule has 0 aliphatic heterocycles. The summed E-state index contributed by atoms with van der Waals surface area (Å²) >= 11 is 0. The monoisotopic (exact) mass is 314 g/mol. The van der Waals surface area contributed by atoms with Crippen molar-refractivity contribution in [2.45, 2.75) is 0 Å². The molecule has 4 rings (SSSR count). The highest BCUT2D eigenvalue weighted by Gasteiger charge is 2.10. The third kappa shape index (κ3) is 2.46. The maximum atomic E-state index is 11.0. The Morgan fingerprint density at radius 3 is 2.21 bits per heavy atom. The van der Waals surface area contributed by atoms with Gasteiger partial charge in [0.25, 0.3) is 0 Å². The number of rotatable bonds is 3. The molecule has 0 saturated carbocycles. The Morgan fingerprint density at radius 2 is 1.50 bits per heavy atom. The first kappa shape index (κ1) is 14.3. The number of fused-ring (bicyclic) bond motifs is 1. The Balaban J connectivity index is 1.81. The summed E-state index contributed by atoms with van der Waals surface area (Å²) in [6.07, 6.45) is 1.78. The maximum absolute atomic E-state index is 11.0. The van der Waals surface area contributed by atoms with E-state index in [9.17, 15) is 4.79 Å². The van der Waals surface area contributed by atoms with E-state index in [0.717, 1.165) is 33.2 Å². The minimum atomic E-state index is -0.918. The summed E-state index contributed by atoms with van der Waals surface area (Å²) < 4.78 is 5.67. The number of carboxylic acid groups (broad SMARTS) is 1. The molecular weight excluding hydrogens is 300 g/mol. The van der Waals surface area contributed by atoms with Crippen molar-refractivity contribution in [3.05, 3.63) is 84.6 Å². The zero-order valence-electron chi connectivity index (χ0n) is 12.8. The van der Waals surface area contributed by atoms with Gasteiger partial charge in [0, 0.05) is 10.9 Å². The molecule has 0 bridgehead atoms. The van der Waals surface area contributed by atoms with Crippen molar-refractivity contribution in [3.8, 4) is 22.3 Å². The van der Waals surface area contributed by atoms with Gasteiger partial charge in [0.1, 0.15) is 5.58 Å². The molecule has 3 nitrogen and oxygen atoms in total. The average Bonchev–Trinajstić information content (AvgIpc) is 3.05. The molecule has 1 aromatic heterocycles. The molecule has 0 radical (unpaired) electrons. The van der Waals surface area contributed by atoms with Crippen molar-refractivity contribution in [1.29, 1.82) is 0 Å². The van der Waals surface area contributed by atoms with Crippen LogP contribution in [0.4, 0.5) is 0 Å². The Kier molecular flexibility index (Phi) is 3.39. The van der Waals surface area contributed by atoms with Crippen LogP contribution in [0.5, 0.6) is 0 Å². The van der Waals surface area contributed by atoms with Crippen molar-refractivity contribution in [1.82, 2.24) is 0 Å². The molecule has 0 aliphatic carbocycles. The first-order valence-electron chi connectivity index (χ1n) is 7.63. The molecule has 1 heterocycles. The van der Waals surface area contributed by atoms with Crippen LogP contribution in [0.3, 0.4) is 0 Å². The fraction of sp³-hybridized carbons (Fsp3) is 0. The minimum Gasteiger partial charge on any atom is -0.478 e. The lowest BCUT2D eigenvalue weighted by atomic mass is 9.99. The van der Waals surface area contributed by atoms with Gasteiger partial charge in [0.2, 0.25) is 0 Å². The molecular formula is C21H14O3. The summed E-state index contributed by atoms with van der Waals surface area (Å²) in [5.74, 6) is -0.918. The van der Waals surface area contributed by atoms with E-state index in [0.29, 0.717) is 0 Å². The van der Waals surface area contributed by atoms with Gasteiger partial charge in [-0.15, -0.1) is 0 Å². The van der Waals surface area contributed by atoms with Crippen LogP contribution in [0, 0.1) is 0 Å². The molecule has 0 saturated heterocycles. The number of benzene rings is 3. The van der Waals surface area contributed by atoms with Gasteiger partial charge in [0.05, 0.1) is 11.8 Å². The van der Waals surface area contributed by atoms with Crippen molar-refractivity contribution < 1.29 is 14.3 Å². The molecule has 0 spiro atoms. The molecule has 0 unspecified atom stereocenters. The summed E-state index contributed by atoms with van der Waals surface area (Å²) in [4.78, 5) is 11.0. The first-order valence-corrected chi connectivity index (χ1v) is 7.63. The van der Waals surface area contributed by atoms with E-state index >= 15 is 0 Å². The van der Waals surface area contributed by atoms with Gasteiger partial charge in [-0.25, -0.2) is 4.79 Å². The second kappa shape index (κ2) is 5.70. The van der Waals surface area contributed by atoms with Crippen LogP contribution in [0.2, 0.25) is 0 Å². The van der Waals surface area contributed by atoms with E-state index in [1.54, 1.807) is 18.4 Å². The second-order valence-electron chi connectivity index (χ2n) is 5.61. The second-order valence-corrected chi connectivity index (χ2v) is 5.61. The van der Waals surface area contributed by atoms with E-state index in [1.807, 2.05) is 42.5 Å². The van der Waals surface area contributed by atoms with E-state index in [-0.39, 0.29) is 5.56 Å². The fourth-order valence-corrected chi connectivity index (χ4v) is 2.86. The van der Waals surface area contributed by atoms with Crippen LogP contribution >= 0.6 is 0 Å². The van der Waals surface area contributed by atoms with Crippen LogP contribution < -0.4 is 0 Å². The van der Waals surface area contributed by atoms with E-state index in [1.165, 1.54) is 0 Å². The third-order valence-electron chi connectivity index (χ3n) is 4.12. The van der Waals surface area contributed by atoms with E-state index in [4.69, 9.17) is 9.52 Å². The Labute approximate surface area is 138 Å². The number of aromatic carboxylic acids is 1. The van der Waals surface area contributed by atoms with Crippen molar-refractivity contribution in [2.75, 3.05) is 0 Å². The molecule has 24 heavy (non-hydrogen) atoms. The highest BCUT2D eigenvalue weighted by Crippen LogP contribution is 2.33. The highest BCUT2D eigenvalue weighted by atomic mass is 16.4. The molecule has 3 heteroatoms. The molecule has 0 aliphatic rings. The van der Waals surface area contributed by atoms with Gasteiger partial charge < -0.3 is 9.52 Å². The lowest BCUT2D eigenvalue weighted by Gasteiger charge is -2.04. The number of carbonyl (C=O) groups is 1. The summed E-state index contributed by atoms with van der Waals surface area (Å²) in [5.41, 5.74) is 5.28. The number of furan rings is 1. The Hall–Kier alpha value is -3.33. The summed E-state index contributed by atoms with van der Waals surface area (Å²) in [6, 6.07) is 23.0. The first-order chi connectivity index (χ1) is 11.7. The normalized spacial score (nSPS) is 10.8. The molecule has 0 fully saturated rings. The number of hydrogen-bond donors (Lipinski definition) is 1. The Morgan fingerprint density at radius 1 is 0.792 bits per heavy atom. The van der Waals surface area contributed by atoms with Crippen molar-refractivity contribution in [2.24, 2.45) is 0 Å². The molecule has 0 atom stereocenters. The van der Waals surface area contributed by atoms with Gasteiger partial charge in [-0.2, -0.15) is 0 Å². The van der Waals surface area contributed by atoms with Gasteiger partial charge in [-0.1, -0.05) is 48.5 Å². The van der Waals surface area contributed by atoms with Gasteiger partial charge >= 0.3 is 5.97 Å². The van der Waals surface area contributed by atoms with E-state index < -0.39 is 5.97 Å². The van der Waals surface area contributed by atoms with Crippen molar-refractivity contribution >= 4 is 16.9 Å². The lowest BCUT2D eigenvalue weighted by molar-refractivity contribution is 0.0697. The highest BCUT2D eigenvalue weighted by molar-refractivity contribution is 5.96. The lowest BCUT2D eigenvalue weighted by Crippen LogP contribution is -1.94. The van der Waals surface area contributed by atoms with Crippen LogP contribution in [0.25, 0.3) is 33.2 Å². The molecule has 1 N–H and O–H groups in total. The number of hydrogen-bond acceptors (Lipinski definition) is 2.